The summed E-state index contributed by atoms with van der Waals surface area (Å²) in [5, 5.41) is 0. The molecule has 1 aromatic rings. The van der Waals surface area contributed by atoms with Gasteiger partial charge in [0.25, 0.3) is 0 Å². The van der Waals surface area contributed by atoms with Crippen molar-refractivity contribution >= 4 is 16.1 Å². The molecule has 0 unspecified atom stereocenters. The molecule has 1 aromatic carbocycles. The van der Waals surface area contributed by atoms with Crippen LogP contribution in [0.4, 0.5) is 4.39 Å². The van der Waals surface area contributed by atoms with Gasteiger partial charge < -0.3 is 14.0 Å². The molecule has 0 aliphatic rings. The summed E-state index contributed by atoms with van der Waals surface area (Å²) in [5.74, 6) is -2.54. The second-order valence-electron chi connectivity index (χ2n) is 5.44. The van der Waals surface area contributed by atoms with E-state index in [2.05, 4.69) is 11.3 Å². The molecule has 0 aromatic heterocycles. The molecule has 0 heterocycles. The van der Waals surface area contributed by atoms with E-state index in [9.17, 15) is 22.2 Å². The second-order valence-corrected chi connectivity index (χ2v) is 6.96. The van der Waals surface area contributed by atoms with E-state index in [0.29, 0.717) is 5.57 Å². The predicted molar refractivity (Wildman–Crippen MR) is 80.8 cm³/mol. The van der Waals surface area contributed by atoms with Gasteiger partial charge in [-0.15, -0.1) is 0 Å². The summed E-state index contributed by atoms with van der Waals surface area (Å²) in [5.41, 5.74) is -0.215. The van der Waals surface area contributed by atoms with Crippen molar-refractivity contribution in [3.63, 3.8) is 0 Å². The van der Waals surface area contributed by atoms with E-state index in [-0.39, 0.29) is 11.3 Å². The third-order valence-electron chi connectivity index (χ3n) is 3.13. The Morgan fingerprint density at radius 3 is 2.52 bits per heavy atom. The average molecular weight is 345 g/mol. The van der Waals surface area contributed by atoms with E-state index >= 15 is 0 Å². The van der Waals surface area contributed by atoms with E-state index < -0.39 is 39.9 Å². The molecule has 23 heavy (non-hydrogen) atoms. The Labute approximate surface area is 134 Å². The first-order chi connectivity index (χ1) is 10.4. The van der Waals surface area contributed by atoms with Gasteiger partial charge in [-0.1, -0.05) is 6.58 Å². The maximum atomic E-state index is 13.8. The molecule has 0 saturated carbocycles. The molecule has 0 spiro atoms. The standard InChI is InChI=1S/C15H19FO6S/c1-10(2)15(3,4)22-13-9-11(5-6-12(13)16)14(17)21-7-8-23(18,19)20/h5-6,9H,1,7-8H2,2-4H3,(H,18,19,20)/p-1. The Bertz CT molecular complexity index is 709. The minimum Gasteiger partial charge on any atom is -0.748 e. The Hall–Kier alpha value is -1.93. The van der Waals surface area contributed by atoms with Crippen LogP contribution in [0.15, 0.2) is 30.4 Å². The molecule has 0 radical (unpaired) electrons. The second kappa shape index (κ2) is 7.10. The number of ether oxygens (including phenoxy) is 2. The molecular formula is C15H18FO6S-. The van der Waals surface area contributed by atoms with Crippen molar-refractivity contribution in [2.24, 2.45) is 0 Å². The van der Waals surface area contributed by atoms with Gasteiger partial charge in [0.1, 0.15) is 12.2 Å². The largest absolute Gasteiger partial charge is 0.748 e. The third-order valence-corrected chi connectivity index (χ3v) is 3.79. The first-order valence-corrected chi connectivity index (χ1v) is 8.25. The van der Waals surface area contributed by atoms with Crippen LogP contribution in [0.5, 0.6) is 5.75 Å². The van der Waals surface area contributed by atoms with Crippen molar-refractivity contribution < 1.29 is 31.6 Å². The van der Waals surface area contributed by atoms with Crippen LogP contribution in [-0.4, -0.2) is 36.9 Å². The maximum absolute atomic E-state index is 13.8. The highest BCUT2D eigenvalue weighted by Crippen LogP contribution is 2.27. The monoisotopic (exact) mass is 345 g/mol. The van der Waals surface area contributed by atoms with Crippen molar-refractivity contribution in [1.29, 1.82) is 0 Å². The fourth-order valence-electron chi connectivity index (χ4n) is 1.39. The molecule has 0 aliphatic heterocycles. The number of carbonyl (C=O) groups is 1. The van der Waals surface area contributed by atoms with E-state index in [1.807, 2.05) is 0 Å². The number of carbonyl (C=O) groups excluding carboxylic acids is 1. The number of rotatable bonds is 7. The molecular weight excluding hydrogens is 327 g/mol. The molecule has 0 atom stereocenters. The van der Waals surface area contributed by atoms with Gasteiger partial charge in [0.05, 0.1) is 21.4 Å². The zero-order chi connectivity index (χ0) is 17.8. The lowest BCUT2D eigenvalue weighted by atomic mass is 10.0. The zero-order valence-corrected chi connectivity index (χ0v) is 13.9. The quantitative estimate of drug-likeness (QED) is 0.427. The Morgan fingerprint density at radius 1 is 1.39 bits per heavy atom. The fourth-order valence-corrected chi connectivity index (χ4v) is 1.68. The van der Waals surface area contributed by atoms with Gasteiger partial charge in [-0.25, -0.2) is 17.6 Å². The van der Waals surface area contributed by atoms with Gasteiger partial charge in [-0.2, -0.15) is 0 Å². The summed E-state index contributed by atoms with van der Waals surface area (Å²) in [4.78, 5) is 11.8. The van der Waals surface area contributed by atoms with Gasteiger partial charge in [-0.3, -0.25) is 0 Å². The van der Waals surface area contributed by atoms with Gasteiger partial charge in [0.2, 0.25) is 0 Å². The van der Waals surface area contributed by atoms with Crippen molar-refractivity contribution in [3.8, 4) is 5.75 Å². The Kier molecular flexibility index (Phi) is 5.90. The molecule has 0 N–H and O–H groups in total. The highest BCUT2D eigenvalue weighted by molar-refractivity contribution is 7.85. The minimum absolute atomic E-state index is 0.0257. The SMILES string of the molecule is C=C(C)C(C)(C)Oc1cc(C(=O)OCCS(=O)(=O)[O-])ccc1F. The van der Waals surface area contributed by atoms with Crippen LogP contribution in [0.1, 0.15) is 31.1 Å². The Morgan fingerprint density at radius 2 is 2.00 bits per heavy atom. The molecule has 0 bridgehead atoms. The zero-order valence-electron chi connectivity index (χ0n) is 13.1. The van der Waals surface area contributed by atoms with Crippen LogP contribution in [0.25, 0.3) is 0 Å². The normalized spacial score (nSPS) is 11.9. The fraction of sp³-hybridized carbons (Fsp3) is 0.400. The molecule has 0 amide bonds. The summed E-state index contributed by atoms with van der Waals surface area (Å²) in [7, 11) is -4.47. The van der Waals surface area contributed by atoms with Gasteiger partial charge in [-0.05, 0) is 44.5 Å². The number of hydrogen-bond acceptors (Lipinski definition) is 6. The molecule has 128 valence electrons. The van der Waals surface area contributed by atoms with Crippen LogP contribution in [0.3, 0.4) is 0 Å². The van der Waals surface area contributed by atoms with Crippen LogP contribution in [0.2, 0.25) is 0 Å². The lowest BCUT2D eigenvalue weighted by Crippen LogP contribution is -2.29. The highest BCUT2D eigenvalue weighted by Gasteiger charge is 2.23. The highest BCUT2D eigenvalue weighted by atomic mass is 32.2. The molecule has 0 aliphatic carbocycles. The smallest absolute Gasteiger partial charge is 0.338 e. The van der Waals surface area contributed by atoms with E-state index in [1.165, 1.54) is 6.07 Å². The van der Waals surface area contributed by atoms with E-state index in [1.54, 1.807) is 20.8 Å². The summed E-state index contributed by atoms with van der Waals surface area (Å²) in [6.07, 6.45) is 0. The Balaban J connectivity index is 2.88. The topological polar surface area (TPSA) is 92.7 Å². The first kappa shape index (κ1) is 19.1. The molecule has 0 saturated heterocycles. The number of esters is 1. The summed E-state index contributed by atoms with van der Waals surface area (Å²) >= 11 is 0. The van der Waals surface area contributed by atoms with Crippen molar-refractivity contribution in [2.45, 2.75) is 26.4 Å². The molecule has 6 nitrogen and oxygen atoms in total. The molecule has 8 heteroatoms. The summed E-state index contributed by atoms with van der Waals surface area (Å²) in [6, 6.07) is 3.35. The number of halogens is 1. The van der Waals surface area contributed by atoms with Crippen molar-refractivity contribution in [3.05, 3.63) is 41.7 Å². The lowest BCUT2D eigenvalue weighted by Gasteiger charge is -2.27. The van der Waals surface area contributed by atoms with Gasteiger partial charge in [0.15, 0.2) is 11.6 Å². The third kappa shape index (κ3) is 5.99. The van der Waals surface area contributed by atoms with Crippen molar-refractivity contribution in [2.75, 3.05) is 12.4 Å². The van der Waals surface area contributed by atoms with Crippen LogP contribution in [0, 0.1) is 5.82 Å². The van der Waals surface area contributed by atoms with E-state index in [0.717, 1.165) is 12.1 Å². The summed E-state index contributed by atoms with van der Waals surface area (Å²) < 4.78 is 55.3. The molecule has 0 fully saturated rings. The van der Waals surface area contributed by atoms with Crippen LogP contribution < -0.4 is 4.74 Å². The summed E-state index contributed by atoms with van der Waals surface area (Å²) in [6.45, 7) is 8.28. The minimum atomic E-state index is -4.47. The van der Waals surface area contributed by atoms with Crippen LogP contribution >= 0.6 is 0 Å². The van der Waals surface area contributed by atoms with Crippen LogP contribution in [-0.2, 0) is 14.9 Å². The van der Waals surface area contributed by atoms with Gasteiger partial charge in [0, 0.05) is 0 Å². The van der Waals surface area contributed by atoms with Crippen molar-refractivity contribution in [1.82, 2.24) is 0 Å². The number of benzene rings is 1. The van der Waals surface area contributed by atoms with E-state index in [4.69, 9.17) is 4.74 Å². The lowest BCUT2D eigenvalue weighted by molar-refractivity contribution is 0.0526. The van der Waals surface area contributed by atoms with Gasteiger partial charge >= 0.3 is 5.97 Å². The predicted octanol–water partition coefficient (Wildman–Crippen LogP) is 2.26. The molecule has 1 rings (SSSR count). The number of hydrogen-bond donors (Lipinski definition) is 0. The first-order valence-electron chi connectivity index (χ1n) is 6.67. The maximum Gasteiger partial charge on any atom is 0.338 e. The average Bonchev–Trinajstić information content (AvgIpc) is 2.39.